The molecule has 0 spiro atoms. The van der Waals surface area contributed by atoms with Gasteiger partial charge in [-0.3, -0.25) is 10.2 Å². The molecule has 3 aromatic rings. The van der Waals surface area contributed by atoms with Crippen LogP contribution in [0.3, 0.4) is 0 Å². The molecular weight excluding hydrogens is 478 g/mol. The number of carbonyl (C=O) groups excluding carboxylic acids is 1. The molecule has 5 rings (SSSR count). The number of ether oxygens (including phenoxy) is 1. The lowest BCUT2D eigenvalue weighted by Gasteiger charge is -2.24. The Labute approximate surface area is 212 Å². The average Bonchev–Trinajstić information content (AvgIpc) is 3.40. The van der Waals surface area contributed by atoms with E-state index in [1.54, 1.807) is 18.1 Å². The van der Waals surface area contributed by atoms with Gasteiger partial charge in [0.05, 0.1) is 30.3 Å². The van der Waals surface area contributed by atoms with Crippen molar-refractivity contribution in [1.29, 1.82) is 5.41 Å². The van der Waals surface area contributed by atoms with Crippen molar-refractivity contribution >= 4 is 51.9 Å². The van der Waals surface area contributed by atoms with E-state index in [9.17, 15) is 4.79 Å². The van der Waals surface area contributed by atoms with Gasteiger partial charge in [0, 0.05) is 17.1 Å². The van der Waals surface area contributed by atoms with Gasteiger partial charge in [0.15, 0.2) is 5.17 Å². The average molecular weight is 502 g/mol. The van der Waals surface area contributed by atoms with Crippen molar-refractivity contribution in [2.45, 2.75) is 19.6 Å². The van der Waals surface area contributed by atoms with Crippen molar-refractivity contribution in [3.8, 4) is 11.4 Å². The predicted octanol–water partition coefficient (Wildman–Crippen LogP) is 5.61. The van der Waals surface area contributed by atoms with Crippen LogP contribution in [-0.2, 0) is 10.5 Å². The normalized spacial score (nSPS) is 16.4. The molecule has 3 heterocycles. The van der Waals surface area contributed by atoms with E-state index in [1.165, 1.54) is 11.8 Å². The molecule has 2 aliphatic heterocycles. The van der Waals surface area contributed by atoms with Crippen LogP contribution in [0.1, 0.15) is 22.5 Å². The Kier molecular flexibility index (Phi) is 6.36. The van der Waals surface area contributed by atoms with Crippen LogP contribution >= 0.6 is 23.7 Å². The zero-order valence-electron chi connectivity index (χ0n) is 19.5. The first-order valence-electron chi connectivity index (χ1n) is 11.0. The third kappa shape index (κ3) is 4.33. The topological polar surface area (TPSA) is 83.0 Å². The predicted molar refractivity (Wildman–Crippen MR) is 145 cm³/mol. The van der Waals surface area contributed by atoms with Gasteiger partial charge in [0.1, 0.15) is 11.6 Å². The summed E-state index contributed by atoms with van der Waals surface area (Å²) in [7, 11) is 1.65. The number of hydrogen-bond acceptors (Lipinski definition) is 6. The summed E-state index contributed by atoms with van der Waals surface area (Å²) in [5.74, 6) is 1.13. The van der Waals surface area contributed by atoms with Crippen LogP contribution in [0.25, 0.3) is 11.8 Å². The first-order valence-corrected chi connectivity index (χ1v) is 12.7. The van der Waals surface area contributed by atoms with E-state index in [2.05, 4.69) is 26.1 Å². The maximum absolute atomic E-state index is 12.9. The molecule has 1 aromatic heterocycles. The molecule has 2 aliphatic rings. The molecule has 1 amide bonds. The summed E-state index contributed by atoms with van der Waals surface area (Å²) in [6.07, 6.45) is 1.75. The van der Waals surface area contributed by atoms with Crippen molar-refractivity contribution in [1.82, 2.24) is 9.47 Å². The fraction of sp³-hybridized carbons (Fsp3) is 0.154. The number of carbonyl (C=O) groups is 1. The Morgan fingerprint density at radius 3 is 2.63 bits per heavy atom. The lowest BCUT2D eigenvalue weighted by molar-refractivity contribution is -0.114. The van der Waals surface area contributed by atoms with Crippen LogP contribution in [0, 0.1) is 19.3 Å². The Bertz CT molecular complexity index is 1420. The molecule has 7 nitrogen and oxygen atoms in total. The number of para-hydroxylation sites is 2. The second kappa shape index (κ2) is 9.59. The fourth-order valence-electron chi connectivity index (χ4n) is 4.09. The number of benzene rings is 2. The number of nitrogens with zero attached hydrogens (tertiary/aromatic N) is 4. The summed E-state index contributed by atoms with van der Waals surface area (Å²) in [6.45, 7) is 4.00. The summed E-state index contributed by atoms with van der Waals surface area (Å²) >= 11 is 2.66. The monoisotopic (exact) mass is 501 g/mol. The number of hydrogen-bond donors (Lipinski definition) is 1. The van der Waals surface area contributed by atoms with Gasteiger partial charge in [-0.05, 0) is 49.2 Å². The van der Waals surface area contributed by atoms with Crippen LogP contribution < -0.4 is 4.74 Å². The molecule has 0 saturated heterocycles. The standard InChI is InChI=1S/C26H23N5O2S2/c1-16-13-19(17(2)30(16)21-11-7-8-12-22(21)33-3)14-20-23(27)31-25(28-24(20)32)35-29-26(31)34-15-18-9-5-4-6-10-18/h4-14,27H,15H2,1-3H3/b20-14+,27-23?. The second-order valence-electron chi connectivity index (χ2n) is 8.01. The molecule has 0 aliphatic carbocycles. The Balaban J connectivity index is 1.46. The number of aliphatic imine (C=N–C) groups is 1. The number of methoxy groups -OCH3 is 1. The van der Waals surface area contributed by atoms with Crippen LogP contribution in [0.4, 0.5) is 0 Å². The molecule has 0 saturated carbocycles. The van der Waals surface area contributed by atoms with Gasteiger partial charge in [0.2, 0.25) is 5.17 Å². The number of thioether (sulfide) groups is 1. The number of nitrogens with one attached hydrogen (secondary N) is 1. The third-order valence-electron chi connectivity index (χ3n) is 5.80. The number of aromatic nitrogens is 1. The molecule has 0 unspecified atom stereocenters. The van der Waals surface area contributed by atoms with Gasteiger partial charge in [-0.2, -0.15) is 9.39 Å². The maximum atomic E-state index is 12.9. The molecule has 0 atom stereocenters. The van der Waals surface area contributed by atoms with Gasteiger partial charge in [-0.1, -0.05) is 54.2 Å². The molecule has 176 valence electrons. The summed E-state index contributed by atoms with van der Waals surface area (Å²) in [4.78, 5) is 18.8. The Hall–Kier alpha value is -3.56. The SMILES string of the molecule is COc1ccccc1-n1c(C)cc(/C=C2\C(=N)N3C(SCc4ccccc4)=NSC3=NC2=O)c1C. The van der Waals surface area contributed by atoms with E-state index in [0.29, 0.717) is 16.1 Å². The number of aryl methyl sites for hydroxylation is 1. The van der Waals surface area contributed by atoms with Gasteiger partial charge < -0.3 is 9.30 Å². The number of fused-ring (bicyclic) bond motifs is 1. The van der Waals surface area contributed by atoms with Gasteiger partial charge in [-0.25, -0.2) is 4.90 Å². The van der Waals surface area contributed by atoms with Crippen molar-refractivity contribution in [2.24, 2.45) is 9.39 Å². The first kappa shape index (κ1) is 23.2. The number of amides is 1. The van der Waals surface area contributed by atoms with Crippen LogP contribution in [0.5, 0.6) is 5.75 Å². The van der Waals surface area contributed by atoms with Crippen LogP contribution in [-0.4, -0.2) is 38.7 Å². The Morgan fingerprint density at radius 2 is 1.86 bits per heavy atom. The quantitative estimate of drug-likeness (QED) is 0.363. The maximum Gasteiger partial charge on any atom is 0.283 e. The highest BCUT2D eigenvalue weighted by Crippen LogP contribution is 2.34. The van der Waals surface area contributed by atoms with E-state index >= 15 is 0 Å². The Morgan fingerprint density at radius 1 is 1.11 bits per heavy atom. The van der Waals surface area contributed by atoms with E-state index < -0.39 is 5.91 Å². The molecule has 0 bridgehead atoms. The highest BCUT2D eigenvalue weighted by atomic mass is 32.2. The minimum Gasteiger partial charge on any atom is -0.495 e. The molecule has 0 fully saturated rings. The van der Waals surface area contributed by atoms with Crippen molar-refractivity contribution in [2.75, 3.05) is 7.11 Å². The fourth-order valence-corrected chi connectivity index (χ4v) is 5.89. The van der Waals surface area contributed by atoms with Crippen LogP contribution in [0.15, 0.2) is 75.6 Å². The largest absolute Gasteiger partial charge is 0.495 e. The summed E-state index contributed by atoms with van der Waals surface area (Å²) < 4.78 is 12.1. The lowest BCUT2D eigenvalue weighted by atomic mass is 10.1. The highest BCUT2D eigenvalue weighted by molar-refractivity contribution is 8.18. The van der Waals surface area contributed by atoms with E-state index in [4.69, 9.17) is 10.1 Å². The van der Waals surface area contributed by atoms with E-state index in [0.717, 1.165) is 45.9 Å². The smallest absolute Gasteiger partial charge is 0.283 e. The lowest BCUT2D eigenvalue weighted by Crippen LogP contribution is -2.41. The van der Waals surface area contributed by atoms with E-state index in [-0.39, 0.29) is 11.4 Å². The third-order valence-corrected chi connectivity index (χ3v) is 7.63. The molecular formula is C26H23N5O2S2. The summed E-state index contributed by atoms with van der Waals surface area (Å²) in [5, 5.41) is 9.92. The molecule has 9 heteroatoms. The van der Waals surface area contributed by atoms with Crippen molar-refractivity contribution in [3.63, 3.8) is 0 Å². The first-order chi connectivity index (χ1) is 17.0. The van der Waals surface area contributed by atoms with Crippen LogP contribution in [0.2, 0.25) is 0 Å². The van der Waals surface area contributed by atoms with E-state index in [1.807, 2.05) is 62.4 Å². The zero-order valence-corrected chi connectivity index (χ0v) is 21.1. The minimum atomic E-state index is -0.430. The molecule has 1 N–H and O–H groups in total. The summed E-state index contributed by atoms with van der Waals surface area (Å²) in [6, 6.07) is 19.9. The summed E-state index contributed by atoms with van der Waals surface area (Å²) in [5.41, 5.74) is 5.11. The molecule has 35 heavy (non-hydrogen) atoms. The van der Waals surface area contributed by atoms with Crippen molar-refractivity contribution < 1.29 is 9.53 Å². The number of amidine groups is 3. The van der Waals surface area contributed by atoms with Gasteiger partial charge in [-0.15, -0.1) is 0 Å². The van der Waals surface area contributed by atoms with Gasteiger partial charge >= 0.3 is 0 Å². The molecule has 0 radical (unpaired) electrons. The minimum absolute atomic E-state index is 0.0893. The zero-order chi connectivity index (χ0) is 24.5. The van der Waals surface area contributed by atoms with Crippen molar-refractivity contribution in [3.05, 3.63) is 88.8 Å². The number of rotatable bonds is 5. The second-order valence-corrected chi connectivity index (χ2v) is 9.69. The molecule has 2 aromatic carbocycles. The van der Waals surface area contributed by atoms with Gasteiger partial charge in [0.25, 0.3) is 5.91 Å². The highest BCUT2D eigenvalue weighted by Gasteiger charge is 2.37.